The summed E-state index contributed by atoms with van der Waals surface area (Å²) in [6, 6.07) is 11.9. The maximum absolute atomic E-state index is 2.29. The van der Waals surface area contributed by atoms with Crippen molar-refractivity contribution in [2.24, 2.45) is 0 Å². The lowest BCUT2D eigenvalue weighted by molar-refractivity contribution is -0.803. The predicted octanol–water partition coefficient (Wildman–Crippen LogP) is 2.35. The largest absolute Gasteiger partial charge is 0.307 e. The van der Waals surface area contributed by atoms with E-state index in [1.807, 2.05) is 0 Å². The molecule has 2 saturated heterocycles. The topological polar surface area (TPSA) is 0 Å². The van der Waals surface area contributed by atoms with Gasteiger partial charge in [-0.2, -0.15) is 0 Å². The molecular formula is C12H16N+. The van der Waals surface area contributed by atoms with E-state index in [1.54, 1.807) is 5.56 Å². The van der Waals surface area contributed by atoms with Gasteiger partial charge in [0.2, 0.25) is 0 Å². The van der Waals surface area contributed by atoms with Crippen LogP contribution in [-0.4, -0.2) is 24.1 Å². The highest BCUT2D eigenvalue weighted by atomic mass is 15.5. The normalized spacial score (nSPS) is 29.4. The highest BCUT2D eigenvalue weighted by Gasteiger charge is 2.56. The third-order valence-electron chi connectivity index (χ3n) is 3.71. The van der Waals surface area contributed by atoms with Crippen LogP contribution < -0.4 is 0 Å². The van der Waals surface area contributed by atoms with Crippen molar-refractivity contribution in [1.82, 2.24) is 0 Å². The van der Waals surface area contributed by atoms with Crippen molar-refractivity contribution < 1.29 is 4.48 Å². The van der Waals surface area contributed by atoms with Crippen LogP contribution in [0.1, 0.15) is 24.4 Å². The van der Waals surface area contributed by atoms with Crippen LogP contribution in [0.25, 0.3) is 0 Å². The Morgan fingerprint density at radius 1 is 1.00 bits per heavy atom. The maximum Gasteiger partial charge on any atom is 0.164 e. The number of nitrogens with zero attached hydrogens (tertiary/aromatic N) is 1. The lowest BCUT2D eigenvalue weighted by Gasteiger charge is -2.11. The molecule has 2 aliphatic rings. The lowest BCUT2D eigenvalue weighted by atomic mass is 10.1. The van der Waals surface area contributed by atoms with Gasteiger partial charge in [0, 0.05) is 18.4 Å². The Hall–Kier alpha value is -0.820. The lowest BCUT2D eigenvalue weighted by Crippen LogP contribution is -2.21. The number of quaternary nitrogens is 1. The first-order valence-electron chi connectivity index (χ1n) is 5.31. The van der Waals surface area contributed by atoms with Gasteiger partial charge in [0.05, 0.1) is 13.1 Å². The van der Waals surface area contributed by atoms with Crippen LogP contribution in [0.3, 0.4) is 0 Å². The Morgan fingerprint density at radius 3 is 2.38 bits per heavy atom. The fourth-order valence-electron chi connectivity index (χ4n) is 2.85. The summed E-state index contributed by atoms with van der Waals surface area (Å²) in [7, 11) is 0. The molecule has 1 atom stereocenters. The maximum atomic E-state index is 2.29. The Bertz CT molecular complexity index is 298. The van der Waals surface area contributed by atoms with E-state index >= 15 is 0 Å². The minimum Gasteiger partial charge on any atom is -0.307 e. The molecule has 0 bridgehead atoms. The molecule has 0 saturated carbocycles. The highest BCUT2D eigenvalue weighted by Crippen LogP contribution is 2.47. The van der Waals surface area contributed by atoms with Crippen LogP contribution in [0, 0.1) is 0 Å². The molecule has 1 spiro atoms. The smallest absolute Gasteiger partial charge is 0.164 e. The second-order valence-corrected chi connectivity index (χ2v) is 4.48. The first-order chi connectivity index (χ1) is 6.41. The van der Waals surface area contributed by atoms with Crippen LogP contribution in [0.5, 0.6) is 0 Å². The van der Waals surface area contributed by atoms with Gasteiger partial charge in [-0.15, -0.1) is 0 Å². The summed E-state index contributed by atoms with van der Waals surface area (Å²) in [5.74, 6) is 0. The van der Waals surface area contributed by atoms with Crippen molar-refractivity contribution in [2.75, 3.05) is 19.6 Å². The van der Waals surface area contributed by atoms with Crippen LogP contribution >= 0.6 is 0 Å². The van der Waals surface area contributed by atoms with Gasteiger partial charge in [-0.3, -0.25) is 0 Å². The van der Waals surface area contributed by atoms with E-state index in [1.165, 1.54) is 37.0 Å². The van der Waals surface area contributed by atoms with E-state index in [2.05, 4.69) is 30.3 Å². The fraction of sp³-hybridized carbons (Fsp3) is 0.500. The van der Waals surface area contributed by atoms with Crippen LogP contribution in [-0.2, 0) is 0 Å². The van der Waals surface area contributed by atoms with Gasteiger partial charge in [0.1, 0.15) is 6.54 Å². The minimum atomic E-state index is 0.851. The zero-order valence-electron chi connectivity index (χ0n) is 7.95. The van der Waals surface area contributed by atoms with E-state index in [0.29, 0.717) is 0 Å². The second kappa shape index (κ2) is 2.58. The zero-order chi connectivity index (χ0) is 8.73. The molecule has 2 aliphatic heterocycles. The van der Waals surface area contributed by atoms with Gasteiger partial charge in [0.25, 0.3) is 0 Å². The van der Waals surface area contributed by atoms with E-state index in [9.17, 15) is 0 Å². The van der Waals surface area contributed by atoms with Crippen molar-refractivity contribution in [3.63, 3.8) is 0 Å². The number of hydrogen-bond donors (Lipinski definition) is 0. The molecule has 2 fully saturated rings. The Balaban J connectivity index is 1.83. The van der Waals surface area contributed by atoms with Gasteiger partial charge in [-0.1, -0.05) is 30.3 Å². The van der Waals surface area contributed by atoms with E-state index in [4.69, 9.17) is 0 Å². The van der Waals surface area contributed by atoms with Crippen molar-refractivity contribution >= 4 is 0 Å². The molecule has 3 rings (SSSR count). The Morgan fingerprint density at radius 2 is 1.69 bits per heavy atom. The quantitative estimate of drug-likeness (QED) is 0.453. The van der Waals surface area contributed by atoms with Gasteiger partial charge in [-0.05, 0) is 0 Å². The number of hydrogen-bond acceptors (Lipinski definition) is 0. The standard InChI is InChI=1S/C12H16N/c1-2-6-11(7-3-1)12-10-13(12)8-4-5-9-13/h1-3,6-7,12H,4-5,8-10H2/q+1. The summed E-state index contributed by atoms with van der Waals surface area (Å²) in [4.78, 5) is 0. The third kappa shape index (κ3) is 1.11. The van der Waals surface area contributed by atoms with Gasteiger partial charge in [0.15, 0.2) is 6.04 Å². The molecule has 2 heterocycles. The Labute approximate surface area is 79.6 Å². The molecule has 1 aromatic rings. The summed E-state index contributed by atoms with van der Waals surface area (Å²) in [6.07, 6.45) is 2.90. The van der Waals surface area contributed by atoms with Crippen LogP contribution in [0.4, 0.5) is 0 Å². The average Bonchev–Trinajstić information content (AvgIpc) is 2.66. The van der Waals surface area contributed by atoms with Crippen molar-refractivity contribution in [3.05, 3.63) is 35.9 Å². The molecule has 68 valence electrons. The Kier molecular flexibility index (Phi) is 1.50. The van der Waals surface area contributed by atoms with Crippen LogP contribution in [0.2, 0.25) is 0 Å². The monoisotopic (exact) mass is 174 g/mol. The summed E-state index contributed by atoms with van der Waals surface area (Å²) >= 11 is 0. The minimum absolute atomic E-state index is 0.851. The number of benzene rings is 1. The zero-order valence-corrected chi connectivity index (χ0v) is 7.95. The van der Waals surface area contributed by atoms with Crippen molar-refractivity contribution in [2.45, 2.75) is 18.9 Å². The molecule has 1 heteroatoms. The molecule has 0 radical (unpaired) electrons. The average molecular weight is 174 g/mol. The first kappa shape index (κ1) is 7.57. The molecule has 1 nitrogen and oxygen atoms in total. The predicted molar refractivity (Wildman–Crippen MR) is 53.3 cm³/mol. The summed E-state index contributed by atoms with van der Waals surface area (Å²) in [6.45, 7) is 4.27. The van der Waals surface area contributed by atoms with Crippen molar-refractivity contribution in [1.29, 1.82) is 0 Å². The molecule has 0 aromatic heterocycles. The van der Waals surface area contributed by atoms with E-state index in [0.717, 1.165) is 6.04 Å². The van der Waals surface area contributed by atoms with Crippen molar-refractivity contribution in [3.8, 4) is 0 Å². The fourth-order valence-corrected chi connectivity index (χ4v) is 2.85. The molecule has 0 amide bonds. The SMILES string of the molecule is c1ccc(C2C[N+]23CCCC3)cc1. The van der Waals surface area contributed by atoms with Gasteiger partial charge < -0.3 is 4.48 Å². The highest BCUT2D eigenvalue weighted by molar-refractivity contribution is 5.20. The molecule has 13 heavy (non-hydrogen) atoms. The number of rotatable bonds is 1. The van der Waals surface area contributed by atoms with E-state index < -0.39 is 0 Å². The third-order valence-corrected chi connectivity index (χ3v) is 3.71. The molecule has 0 aliphatic carbocycles. The summed E-state index contributed by atoms with van der Waals surface area (Å²) in [5.41, 5.74) is 1.56. The summed E-state index contributed by atoms with van der Waals surface area (Å²) in [5, 5.41) is 0. The van der Waals surface area contributed by atoms with Crippen LogP contribution in [0.15, 0.2) is 30.3 Å². The second-order valence-electron chi connectivity index (χ2n) is 4.48. The summed E-state index contributed by atoms with van der Waals surface area (Å²) < 4.78 is 1.41. The van der Waals surface area contributed by atoms with Gasteiger partial charge >= 0.3 is 0 Å². The van der Waals surface area contributed by atoms with Gasteiger partial charge in [-0.25, -0.2) is 0 Å². The molecule has 1 unspecified atom stereocenters. The molecular weight excluding hydrogens is 158 g/mol. The van der Waals surface area contributed by atoms with E-state index in [-0.39, 0.29) is 0 Å². The first-order valence-corrected chi connectivity index (χ1v) is 5.31. The molecule has 1 aromatic carbocycles. The molecule has 0 N–H and O–H groups in total.